The first-order chi connectivity index (χ1) is 9.95. The van der Waals surface area contributed by atoms with Crippen LogP contribution in [0.25, 0.3) is 0 Å². The number of hydrogen-bond donors (Lipinski definition) is 1. The molecular formula is C16H16ClFN2O. The number of amides is 1. The van der Waals surface area contributed by atoms with Crippen molar-refractivity contribution < 1.29 is 9.18 Å². The lowest BCUT2D eigenvalue weighted by Crippen LogP contribution is -2.14. The Hall–Kier alpha value is -1.91. The molecule has 0 radical (unpaired) electrons. The summed E-state index contributed by atoms with van der Waals surface area (Å²) in [7, 11) is 3.95. The fourth-order valence-corrected chi connectivity index (χ4v) is 2.24. The molecular weight excluding hydrogens is 291 g/mol. The number of halogens is 2. The van der Waals surface area contributed by atoms with Gasteiger partial charge < -0.3 is 10.2 Å². The van der Waals surface area contributed by atoms with Gasteiger partial charge in [0.25, 0.3) is 5.91 Å². The van der Waals surface area contributed by atoms with Crippen molar-refractivity contribution in [3.63, 3.8) is 0 Å². The predicted molar refractivity (Wildman–Crippen MR) is 83.2 cm³/mol. The highest BCUT2D eigenvalue weighted by atomic mass is 35.5. The van der Waals surface area contributed by atoms with Gasteiger partial charge in [-0.1, -0.05) is 23.7 Å². The van der Waals surface area contributed by atoms with E-state index in [9.17, 15) is 9.18 Å². The maximum absolute atomic E-state index is 13.0. The van der Waals surface area contributed by atoms with Gasteiger partial charge in [-0.2, -0.15) is 0 Å². The number of carbonyl (C=O) groups is 1. The number of benzene rings is 2. The Balaban J connectivity index is 2.15. The summed E-state index contributed by atoms with van der Waals surface area (Å²) in [6.07, 6.45) is 0. The van der Waals surface area contributed by atoms with Crippen molar-refractivity contribution in [3.8, 4) is 0 Å². The van der Waals surface area contributed by atoms with Crippen molar-refractivity contribution in [1.29, 1.82) is 0 Å². The molecule has 0 fully saturated rings. The monoisotopic (exact) mass is 306 g/mol. The Bertz CT molecular complexity index is 658. The Morgan fingerprint density at radius 3 is 2.67 bits per heavy atom. The quantitative estimate of drug-likeness (QED) is 0.932. The largest absolute Gasteiger partial charge is 0.322 e. The molecule has 1 N–H and O–H groups in total. The number of carbonyl (C=O) groups excluding carboxylic acids is 1. The van der Waals surface area contributed by atoms with Gasteiger partial charge in [-0.15, -0.1) is 0 Å². The van der Waals surface area contributed by atoms with Gasteiger partial charge >= 0.3 is 0 Å². The summed E-state index contributed by atoms with van der Waals surface area (Å²) in [6.45, 7) is 0.779. The molecule has 5 heteroatoms. The first-order valence-electron chi connectivity index (χ1n) is 6.46. The number of nitrogens with one attached hydrogen (secondary N) is 1. The van der Waals surface area contributed by atoms with Crippen LogP contribution in [-0.2, 0) is 6.54 Å². The number of rotatable bonds is 4. The van der Waals surface area contributed by atoms with Crippen LogP contribution in [0.15, 0.2) is 42.5 Å². The zero-order valence-electron chi connectivity index (χ0n) is 11.9. The van der Waals surface area contributed by atoms with Crippen LogP contribution in [-0.4, -0.2) is 24.9 Å². The summed E-state index contributed by atoms with van der Waals surface area (Å²) in [6, 6.07) is 11.3. The van der Waals surface area contributed by atoms with Gasteiger partial charge in [-0.3, -0.25) is 4.79 Å². The van der Waals surface area contributed by atoms with E-state index in [1.165, 1.54) is 12.1 Å². The van der Waals surface area contributed by atoms with Crippen LogP contribution >= 0.6 is 11.6 Å². The fourth-order valence-electron chi connectivity index (χ4n) is 1.98. The average Bonchev–Trinajstić information content (AvgIpc) is 2.37. The van der Waals surface area contributed by atoms with E-state index >= 15 is 0 Å². The molecule has 0 aliphatic heterocycles. The lowest BCUT2D eigenvalue weighted by Gasteiger charge is -2.12. The Labute approximate surface area is 128 Å². The Morgan fingerprint density at radius 1 is 1.24 bits per heavy atom. The van der Waals surface area contributed by atoms with Gasteiger partial charge in [-0.25, -0.2) is 4.39 Å². The van der Waals surface area contributed by atoms with E-state index in [4.69, 9.17) is 11.6 Å². The standard InChI is InChI=1S/C16H16ClFN2O/c1-20(2)10-11-4-3-5-13(8-11)19-16(21)14-7-6-12(18)9-15(14)17/h3-9H,10H2,1-2H3,(H,19,21). The summed E-state index contributed by atoms with van der Waals surface area (Å²) in [4.78, 5) is 14.2. The van der Waals surface area contributed by atoms with Crippen molar-refractivity contribution in [3.05, 3.63) is 64.4 Å². The number of nitrogens with zero attached hydrogens (tertiary/aromatic N) is 1. The normalized spacial score (nSPS) is 10.7. The predicted octanol–water partition coefficient (Wildman–Crippen LogP) is 3.79. The van der Waals surface area contributed by atoms with Gasteiger partial charge in [0.1, 0.15) is 5.82 Å². The SMILES string of the molecule is CN(C)Cc1cccc(NC(=O)c2ccc(F)cc2Cl)c1. The lowest BCUT2D eigenvalue weighted by molar-refractivity contribution is 0.102. The van der Waals surface area contributed by atoms with Gasteiger partial charge in [0, 0.05) is 12.2 Å². The first kappa shape index (κ1) is 15.5. The van der Waals surface area contributed by atoms with Crippen LogP contribution < -0.4 is 5.32 Å². The molecule has 0 spiro atoms. The summed E-state index contributed by atoms with van der Waals surface area (Å²) in [5.41, 5.74) is 2.01. The minimum absolute atomic E-state index is 0.0944. The molecule has 110 valence electrons. The van der Waals surface area contributed by atoms with Crippen LogP contribution in [0.1, 0.15) is 15.9 Å². The number of hydrogen-bond acceptors (Lipinski definition) is 2. The second-order valence-electron chi connectivity index (χ2n) is 5.02. The van der Waals surface area contributed by atoms with Crippen molar-refractivity contribution >= 4 is 23.2 Å². The minimum Gasteiger partial charge on any atom is -0.322 e. The molecule has 0 heterocycles. The summed E-state index contributed by atoms with van der Waals surface area (Å²) in [5, 5.41) is 2.86. The highest BCUT2D eigenvalue weighted by molar-refractivity contribution is 6.34. The number of anilines is 1. The summed E-state index contributed by atoms with van der Waals surface area (Å²) in [5.74, 6) is -0.827. The van der Waals surface area contributed by atoms with Crippen LogP contribution in [0.2, 0.25) is 5.02 Å². The van der Waals surface area contributed by atoms with Gasteiger partial charge in [0.05, 0.1) is 10.6 Å². The maximum atomic E-state index is 13.0. The smallest absolute Gasteiger partial charge is 0.257 e. The molecule has 0 atom stereocenters. The van der Waals surface area contributed by atoms with Gasteiger partial charge in [-0.05, 0) is 50.0 Å². The van der Waals surface area contributed by atoms with Crippen molar-refractivity contribution in [2.24, 2.45) is 0 Å². The van der Waals surface area contributed by atoms with E-state index in [1.54, 1.807) is 6.07 Å². The molecule has 0 bridgehead atoms. The Morgan fingerprint density at radius 2 is 2.00 bits per heavy atom. The summed E-state index contributed by atoms with van der Waals surface area (Å²) >= 11 is 5.88. The van der Waals surface area contributed by atoms with Gasteiger partial charge in [0.15, 0.2) is 0 Å². The molecule has 2 rings (SSSR count). The van der Waals surface area contributed by atoms with E-state index in [2.05, 4.69) is 5.32 Å². The van der Waals surface area contributed by atoms with Gasteiger partial charge in [0.2, 0.25) is 0 Å². The second kappa shape index (κ2) is 6.70. The topological polar surface area (TPSA) is 32.3 Å². The maximum Gasteiger partial charge on any atom is 0.257 e. The average molecular weight is 307 g/mol. The third-order valence-corrected chi connectivity index (χ3v) is 3.17. The molecule has 0 aromatic heterocycles. The highest BCUT2D eigenvalue weighted by Crippen LogP contribution is 2.19. The zero-order chi connectivity index (χ0) is 15.4. The fraction of sp³-hybridized carbons (Fsp3) is 0.188. The third kappa shape index (κ3) is 4.28. The Kier molecular flexibility index (Phi) is 4.94. The molecule has 21 heavy (non-hydrogen) atoms. The molecule has 2 aromatic rings. The van der Waals surface area contributed by atoms with E-state index < -0.39 is 5.82 Å². The zero-order valence-corrected chi connectivity index (χ0v) is 12.6. The molecule has 0 saturated heterocycles. The van der Waals surface area contributed by atoms with Crippen LogP contribution in [0.5, 0.6) is 0 Å². The van der Waals surface area contributed by atoms with E-state index in [1.807, 2.05) is 37.2 Å². The van der Waals surface area contributed by atoms with E-state index in [-0.39, 0.29) is 16.5 Å². The summed E-state index contributed by atoms with van der Waals surface area (Å²) < 4.78 is 13.0. The van der Waals surface area contributed by atoms with Crippen LogP contribution in [0.3, 0.4) is 0 Å². The highest BCUT2D eigenvalue weighted by Gasteiger charge is 2.11. The molecule has 0 unspecified atom stereocenters. The first-order valence-corrected chi connectivity index (χ1v) is 6.83. The molecule has 0 aliphatic carbocycles. The van der Waals surface area contributed by atoms with Crippen molar-refractivity contribution in [2.45, 2.75) is 6.54 Å². The second-order valence-corrected chi connectivity index (χ2v) is 5.42. The van der Waals surface area contributed by atoms with E-state index in [0.717, 1.165) is 18.2 Å². The van der Waals surface area contributed by atoms with E-state index in [0.29, 0.717) is 5.69 Å². The molecule has 1 amide bonds. The van der Waals surface area contributed by atoms with Crippen molar-refractivity contribution in [2.75, 3.05) is 19.4 Å². The van der Waals surface area contributed by atoms with Crippen LogP contribution in [0.4, 0.5) is 10.1 Å². The molecule has 0 saturated carbocycles. The molecule has 3 nitrogen and oxygen atoms in total. The molecule has 0 aliphatic rings. The van der Waals surface area contributed by atoms with Crippen LogP contribution in [0, 0.1) is 5.82 Å². The molecule has 2 aromatic carbocycles. The third-order valence-electron chi connectivity index (χ3n) is 2.86. The minimum atomic E-state index is -0.468. The lowest BCUT2D eigenvalue weighted by atomic mass is 10.1. The van der Waals surface area contributed by atoms with Crippen molar-refractivity contribution in [1.82, 2.24) is 4.90 Å².